The molecule has 0 aliphatic carbocycles. The zero-order valence-corrected chi connectivity index (χ0v) is 14.9. The van der Waals surface area contributed by atoms with Crippen LogP contribution in [-0.2, 0) is 11.2 Å². The molecule has 128 valence electrons. The van der Waals surface area contributed by atoms with E-state index in [9.17, 15) is 14.7 Å². The van der Waals surface area contributed by atoms with Crippen LogP contribution in [0.4, 0.5) is 4.79 Å². The third-order valence-electron chi connectivity index (χ3n) is 4.23. The highest BCUT2D eigenvalue weighted by Crippen LogP contribution is 2.22. The van der Waals surface area contributed by atoms with Gasteiger partial charge in [-0.1, -0.05) is 24.9 Å². The van der Waals surface area contributed by atoms with E-state index >= 15 is 0 Å². The van der Waals surface area contributed by atoms with Gasteiger partial charge >= 0.3 is 6.09 Å². The van der Waals surface area contributed by atoms with E-state index in [4.69, 9.17) is 11.6 Å². The number of carbonyl (C=O) groups is 2. The van der Waals surface area contributed by atoms with Gasteiger partial charge in [0.1, 0.15) is 0 Å². The molecule has 0 radical (unpaired) electrons. The Morgan fingerprint density at radius 3 is 2.65 bits per heavy atom. The molecule has 1 aliphatic rings. The minimum absolute atomic E-state index is 0.0266. The molecule has 23 heavy (non-hydrogen) atoms. The molecule has 1 fully saturated rings. The number of unbranched alkanes of at least 4 members (excludes halogenated alkanes) is 1. The molecular weight excluding hydrogens is 336 g/mol. The second-order valence-corrected chi connectivity index (χ2v) is 7.42. The minimum Gasteiger partial charge on any atom is -0.465 e. The molecule has 0 unspecified atom stereocenters. The lowest BCUT2D eigenvalue weighted by Gasteiger charge is -2.37. The summed E-state index contributed by atoms with van der Waals surface area (Å²) >= 11 is 7.32. The van der Waals surface area contributed by atoms with E-state index in [2.05, 4.69) is 6.92 Å². The maximum absolute atomic E-state index is 12.3. The van der Waals surface area contributed by atoms with Crippen molar-refractivity contribution in [1.29, 1.82) is 0 Å². The van der Waals surface area contributed by atoms with Gasteiger partial charge in [0.25, 0.3) is 0 Å². The predicted octanol–water partition coefficient (Wildman–Crippen LogP) is 3.72. The molecule has 0 saturated carbocycles. The fourth-order valence-corrected chi connectivity index (χ4v) is 3.82. The molecule has 7 heteroatoms. The zero-order chi connectivity index (χ0) is 16.8. The summed E-state index contributed by atoms with van der Waals surface area (Å²) in [5.74, 6) is 0.0911. The SMILES string of the molecule is CCCCN(C(=O)O)C1CCN(C(=O)Cc2csc(Cl)c2)CC1. The number of nitrogens with zero attached hydrogens (tertiary/aromatic N) is 2. The van der Waals surface area contributed by atoms with Gasteiger partial charge < -0.3 is 14.9 Å². The molecular formula is C16H23ClN2O3S. The van der Waals surface area contributed by atoms with Crippen LogP contribution >= 0.6 is 22.9 Å². The van der Waals surface area contributed by atoms with Gasteiger partial charge in [-0.05, 0) is 36.3 Å². The smallest absolute Gasteiger partial charge is 0.407 e. The van der Waals surface area contributed by atoms with Gasteiger partial charge in [0, 0.05) is 25.7 Å². The van der Waals surface area contributed by atoms with Crippen molar-refractivity contribution in [3.8, 4) is 0 Å². The van der Waals surface area contributed by atoms with Crippen LogP contribution in [0.3, 0.4) is 0 Å². The van der Waals surface area contributed by atoms with Gasteiger partial charge in [-0.3, -0.25) is 4.79 Å². The van der Waals surface area contributed by atoms with E-state index in [0.29, 0.717) is 43.2 Å². The molecule has 0 aromatic carbocycles. The first kappa shape index (κ1) is 18.1. The Labute approximate surface area is 145 Å². The van der Waals surface area contributed by atoms with Crippen molar-refractivity contribution >= 4 is 34.9 Å². The molecule has 0 bridgehead atoms. The van der Waals surface area contributed by atoms with Gasteiger partial charge in [-0.2, -0.15) is 0 Å². The summed E-state index contributed by atoms with van der Waals surface area (Å²) in [5.41, 5.74) is 0.947. The van der Waals surface area contributed by atoms with Crippen LogP contribution in [0.1, 0.15) is 38.2 Å². The van der Waals surface area contributed by atoms with E-state index < -0.39 is 6.09 Å². The Morgan fingerprint density at radius 2 is 2.13 bits per heavy atom. The van der Waals surface area contributed by atoms with Gasteiger partial charge in [-0.25, -0.2) is 4.79 Å². The zero-order valence-electron chi connectivity index (χ0n) is 13.3. The summed E-state index contributed by atoms with van der Waals surface area (Å²) in [6.45, 7) is 3.88. The number of rotatable bonds is 6. The molecule has 0 atom stereocenters. The lowest BCUT2D eigenvalue weighted by Crippen LogP contribution is -2.49. The first-order valence-electron chi connectivity index (χ1n) is 8.01. The van der Waals surface area contributed by atoms with Gasteiger partial charge in [0.05, 0.1) is 10.8 Å². The molecule has 1 N–H and O–H groups in total. The number of thiophene rings is 1. The maximum Gasteiger partial charge on any atom is 0.407 e. The third-order valence-corrected chi connectivity index (χ3v) is 5.37. The Hall–Kier alpha value is -1.27. The largest absolute Gasteiger partial charge is 0.465 e. The number of piperidine rings is 1. The van der Waals surface area contributed by atoms with Gasteiger partial charge in [-0.15, -0.1) is 11.3 Å². The summed E-state index contributed by atoms with van der Waals surface area (Å²) in [4.78, 5) is 27.1. The number of amides is 2. The van der Waals surface area contributed by atoms with Crippen molar-refractivity contribution in [1.82, 2.24) is 9.80 Å². The average molecular weight is 359 g/mol. The fraction of sp³-hybridized carbons (Fsp3) is 0.625. The quantitative estimate of drug-likeness (QED) is 0.843. The number of hydrogen-bond acceptors (Lipinski definition) is 3. The Bertz CT molecular complexity index is 541. The number of likely N-dealkylation sites (tertiary alicyclic amines) is 1. The van der Waals surface area contributed by atoms with Crippen molar-refractivity contribution in [2.24, 2.45) is 0 Å². The molecule has 1 aliphatic heterocycles. The monoisotopic (exact) mass is 358 g/mol. The van der Waals surface area contributed by atoms with E-state index in [1.807, 2.05) is 16.3 Å². The Kier molecular flexibility index (Phi) is 6.72. The molecule has 2 heterocycles. The molecule has 5 nitrogen and oxygen atoms in total. The first-order valence-corrected chi connectivity index (χ1v) is 9.27. The number of carbonyl (C=O) groups excluding carboxylic acids is 1. The number of hydrogen-bond donors (Lipinski definition) is 1. The van der Waals surface area contributed by atoms with Crippen LogP contribution in [0.5, 0.6) is 0 Å². The van der Waals surface area contributed by atoms with Gasteiger partial charge in [0.2, 0.25) is 5.91 Å². The highest BCUT2D eigenvalue weighted by molar-refractivity contribution is 7.14. The van der Waals surface area contributed by atoms with E-state index in [1.165, 1.54) is 11.3 Å². The number of carboxylic acid groups (broad SMARTS) is 1. The summed E-state index contributed by atoms with van der Waals surface area (Å²) < 4.78 is 0.694. The summed E-state index contributed by atoms with van der Waals surface area (Å²) in [6.07, 6.45) is 2.80. The van der Waals surface area contributed by atoms with Crippen LogP contribution in [0.15, 0.2) is 11.4 Å². The first-order chi connectivity index (χ1) is 11.0. The molecule has 2 rings (SSSR count). The van der Waals surface area contributed by atoms with E-state index in [-0.39, 0.29) is 11.9 Å². The van der Waals surface area contributed by atoms with Gasteiger partial charge in [0.15, 0.2) is 0 Å². The normalized spacial score (nSPS) is 15.7. The molecule has 2 amide bonds. The molecule has 1 saturated heterocycles. The van der Waals surface area contributed by atoms with Crippen molar-refractivity contribution in [2.45, 2.75) is 45.1 Å². The van der Waals surface area contributed by atoms with Crippen LogP contribution in [0.2, 0.25) is 4.34 Å². The lowest BCUT2D eigenvalue weighted by molar-refractivity contribution is -0.131. The topological polar surface area (TPSA) is 60.9 Å². The average Bonchev–Trinajstić information content (AvgIpc) is 2.93. The summed E-state index contributed by atoms with van der Waals surface area (Å²) in [6, 6.07) is 1.85. The fourth-order valence-electron chi connectivity index (χ4n) is 2.91. The number of halogens is 1. The Morgan fingerprint density at radius 1 is 1.43 bits per heavy atom. The molecule has 0 spiro atoms. The molecule has 1 aromatic heterocycles. The standard InChI is InChI=1S/C16H23ClN2O3S/c1-2-3-6-19(16(21)22)13-4-7-18(8-5-13)15(20)10-12-9-14(17)23-11-12/h9,11,13H,2-8,10H2,1H3,(H,21,22). The second-order valence-electron chi connectivity index (χ2n) is 5.88. The van der Waals surface area contributed by atoms with Crippen LogP contribution < -0.4 is 0 Å². The summed E-state index contributed by atoms with van der Waals surface area (Å²) in [7, 11) is 0. The third kappa shape index (κ3) is 5.11. The van der Waals surface area contributed by atoms with Crippen molar-refractivity contribution in [3.63, 3.8) is 0 Å². The van der Waals surface area contributed by atoms with Crippen molar-refractivity contribution in [3.05, 3.63) is 21.3 Å². The highest BCUT2D eigenvalue weighted by atomic mass is 35.5. The van der Waals surface area contributed by atoms with Crippen LogP contribution in [-0.4, -0.2) is 52.6 Å². The van der Waals surface area contributed by atoms with E-state index in [0.717, 1.165) is 18.4 Å². The summed E-state index contributed by atoms with van der Waals surface area (Å²) in [5, 5.41) is 11.3. The lowest BCUT2D eigenvalue weighted by atomic mass is 10.0. The second kappa shape index (κ2) is 8.55. The molecule has 1 aromatic rings. The maximum atomic E-state index is 12.3. The highest BCUT2D eigenvalue weighted by Gasteiger charge is 2.29. The van der Waals surface area contributed by atoms with Crippen molar-refractivity contribution in [2.75, 3.05) is 19.6 Å². The van der Waals surface area contributed by atoms with E-state index in [1.54, 1.807) is 4.90 Å². The van der Waals surface area contributed by atoms with Crippen molar-refractivity contribution < 1.29 is 14.7 Å². The Balaban J connectivity index is 1.84. The van der Waals surface area contributed by atoms with Crippen LogP contribution in [0, 0.1) is 0 Å². The minimum atomic E-state index is -0.851. The van der Waals surface area contributed by atoms with Crippen LogP contribution in [0.25, 0.3) is 0 Å². The predicted molar refractivity (Wildman–Crippen MR) is 92.3 cm³/mol.